The van der Waals surface area contributed by atoms with Gasteiger partial charge in [-0.3, -0.25) is 30.4 Å². The first-order valence-corrected chi connectivity index (χ1v) is 17.4. The fraction of sp³-hybridized carbons (Fsp3) is 0.371. The third kappa shape index (κ3) is 12.8. The minimum absolute atomic E-state index is 0.0983. The zero-order valence-electron chi connectivity index (χ0n) is 30.1. The normalized spacial score (nSPS) is 15.1. The number of alkyl halides is 6. The Hall–Kier alpha value is -5.96. The molecule has 0 unspecified atom stereocenters. The summed E-state index contributed by atoms with van der Waals surface area (Å²) < 4.78 is 129. The molecule has 0 aliphatic heterocycles. The fourth-order valence-electron chi connectivity index (χ4n) is 5.04. The quantitative estimate of drug-likeness (QED) is 0.0651. The second-order valence-corrected chi connectivity index (χ2v) is 12.2. The lowest BCUT2D eigenvalue weighted by molar-refractivity contribution is -0.142. The van der Waals surface area contributed by atoms with Crippen LogP contribution in [0.2, 0.25) is 0 Å². The van der Waals surface area contributed by atoms with Crippen LogP contribution in [0.15, 0.2) is 58.5 Å². The molecule has 0 radical (unpaired) electrons. The van der Waals surface area contributed by atoms with Crippen LogP contribution in [0.3, 0.4) is 0 Å². The van der Waals surface area contributed by atoms with E-state index in [9.17, 15) is 53.5 Å². The van der Waals surface area contributed by atoms with Gasteiger partial charge in [-0.1, -0.05) is 26.7 Å². The zero-order valence-corrected chi connectivity index (χ0v) is 30.1. The molecular weight excluding hydrogens is 782 g/mol. The Morgan fingerprint density at radius 2 is 0.965 bits per heavy atom. The monoisotopic (exact) mass is 818 g/mol. The van der Waals surface area contributed by atoms with E-state index in [1.165, 1.54) is 0 Å². The predicted octanol–water partition coefficient (Wildman–Crippen LogP) is 8.33. The first-order valence-electron chi connectivity index (χ1n) is 17.4. The third-order valence-corrected chi connectivity index (χ3v) is 8.11. The molecule has 4 aromatic rings. The number of H-pyrrole nitrogens is 2. The SMILES string of the molecule is CC.O=C(NC(=NC1CCC1)Nc1cc(C(F)(F)F)[nH]n1)c1ccc(F)c(F)c1.O=C(NC(=NC1CCCC1)Nc1cc(C(F)(F)F)[nH]n1)c1ccc(F)c(F)c1. The van der Waals surface area contributed by atoms with Gasteiger partial charge in [0.2, 0.25) is 11.9 Å². The van der Waals surface area contributed by atoms with Crippen LogP contribution < -0.4 is 21.3 Å². The number of aromatic amines is 2. The average Bonchev–Trinajstić information content (AvgIpc) is 3.93. The number of carbonyl (C=O) groups excluding carboxylic acids is 2. The molecule has 2 aromatic carbocycles. The van der Waals surface area contributed by atoms with Crippen molar-refractivity contribution in [1.29, 1.82) is 0 Å². The number of guanidine groups is 2. The van der Waals surface area contributed by atoms with Crippen molar-refractivity contribution in [2.75, 3.05) is 10.6 Å². The van der Waals surface area contributed by atoms with Crippen molar-refractivity contribution in [1.82, 2.24) is 31.0 Å². The number of aliphatic imine (C=N–C) groups is 2. The Balaban J connectivity index is 0.000000242. The van der Waals surface area contributed by atoms with Gasteiger partial charge in [0.25, 0.3) is 11.8 Å². The van der Waals surface area contributed by atoms with Crippen LogP contribution in [0.25, 0.3) is 0 Å². The van der Waals surface area contributed by atoms with Crippen molar-refractivity contribution in [2.45, 2.75) is 83.2 Å². The molecule has 0 spiro atoms. The van der Waals surface area contributed by atoms with Gasteiger partial charge < -0.3 is 10.6 Å². The van der Waals surface area contributed by atoms with Crippen LogP contribution in [0.1, 0.15) is 90.9 Å². The van der Waals surface area contributed by atoms with E-state index >= 15 is 0 Å². The van der Waals surface area contributed by atoms with Gasteiger partial charge in [0.1, 0.15) is 11.4 Å². The van der Waals surface area contributed by atoms with Gasteiger partial charge in [0.05, 0.1) is 12.1 Å². The van der Waals surface area contributed by atoms with Crippen molar-refractivity contribution in [3.63, 3.8) is 0 Å². The number of hydrogen-bond donors (Lipinski definition) is 6. The molecule has 12 nitrogen and oxygen atoms in total. The Kier molecular flexibility index (Phi) is 14.8. The van der Waals surface area contributed by atoms with E-state index in [4.69, 9.17) is 0 Å². The van der Waals surface area contributed by atoms with Gasteiger partial charge >= 0.3 is 12.4 Å². The van der Waals surface area contributed by atoms with Crippen LogP contribution >= 0.6 is 0 Å². The molecule has 0 atom stereocenters. The summed E-state index contributed by atoms with van der Waals surface area (Å²) in [5.41, 5.74) is -2.48. The molecule has 2 aliphatic carbocycles. The zero-order chi connectivity index (χ0) is 41.9. The van der Waals surface area contributed by atoms with E-state index in [0.29, 0.717) is 12.1 Å². The van der Waals surface area contributed by atoms with Gasteiger partial charge in [-0.05, 0) is 68.5 Å². The summed E-state index contributed by atoms with van der Waals surface area (Å²) in [4.78, 5) is 33.1. The van der Waals surface area contributed by atoms with Gasteiger partial charge in [-0.15, -0.1) is 0 Å². The molecule has 6 N–H and O–H groups in total. The number of amides is 2. The van der Waals surface area contributed by atoms with Crippen LogP contribution in [0.4, 0.5) is 55.5 Å². The van der Waals surface area contributed by atoms with Crippen LogP contribution in [-0.4, -0.2) is 56.2 Å². The minimum Gasteiger partial charge on any atom is -0.309 e. The average molecular weight is 819 g/mol. The second kappa shape index (κ2) is 19.3. The predicted molar refractivity (Wildman–Crippen MR) is 188 cm³/mol. The first kappa shape index (κ1) is 43.8. The number of aromatic nitrogens is 4. The lowest BCUT2D eigenvalue weighted by Crippen LogP contribution is -2.38. The van der Waals surface area contributed by atoms with Crippen molar-refractivity contribution in [2.24, 2.45) is 9.98 Å². The highest BCUT2D eigenvalue weighted by Gasteiger charge is 2.34. The first-order chi connectivity index (χ1) is 26.9. The minimum atomic E-state index is -4.61. The summed E-state index contributed by atoms with van der Waals surface area (Å²) in [5, 5.41) is 20.4. The van der Waals surface area contributed by atoms with E-state index in [1.807, 2.05) is 24.0 Å². The number of rotatable bonds is 6. The molecule has 0 saturated heterocycles. The topological polar surface area (TPSA) is 164 Å². The van der Waals surface area contributed by atoms with Crippen molar-refractivity contribution < 1.29 is 53.5 Å². The molecule has 0 bridgehead atoms. The highest BCUT2D eigenvalue weighted by Crippen LogP contribution is 2.30. The van der Waals surface area contributed by atoms with Crippen molar-refractivity contribution in [3.8, 4) is 0 Å². The molecule has 2 amide bonds. The number of carbonyl (C=O) groups is 2. The van der Waals surface area contributed by atoms with Gasteiger partial charge in [-0.25, -0.2) is 27.5 Å². The molecule has 2 aliphatic rings. The number of nitrogens with zero attached hydrogens (tertiary/aromatic N) is 4. The van der Waals surface area contributed by atoms with Crippen LogP contribution in [0, 0.1) is 23.3 Å². The van der Waals surface area contributed by atoms with E-state index in [-0.39, 0.29) is 46.8 Å². The Morgan fingerprint density at radius 1 is 0.596 bits per heavy atom. The molecule has 308 valence electrons. The van der Waals surface area contributed by atoms with Crippen molar-refractivity contribution >= 4 is 35.4 Å². The van der Waals surface area contributed by atoms with Crippen LogP contribution in [0.5, 0.6) is 0 Å². The second-order valence-electron chi connectivity index (χ2n) is 12.2. The Labute approximate surface area is 318 Å². The summed E-state index contributed by atoms with van der Waals surface area (Å²) in [7, 11) is 0. The van der Waals surface area contributed by atoms with E-state index in [0.717, 1.165) is 81.3 Å². The third-order valence-electron chi connectivity index (χ3n) is 8.11. The number of halogens is 10. The smallest absolute Gasteiger partial charge is 0.309 e. The molecule has 2 heterocycles. The maximum atomic E-state index is 13.3. The number of benzene rings is 2. The van der Waals surface area contributed by atoms with Gasteiger partial charge in [-0.2, -0.15) is 36.5 Å². The lowest BCUT2D eigenvalue weighted by Gasteiger charge is -2.22. The molecule has 6 rings (SSSR count). The summed E-state index contributed by atoms with van der Waals surface area (Å²) in [6.45, 7) is 4.00. The maximum Gasteiger partial charge on any atom is 0.432 e. The summed E-state index contributed by atoms with van der Waals surface area (Å²) in [5.74, 6) is -6.86. The van der Waals surface area contributed by atoms with Crippen LogP contribution in [-0.2, 0) is 12.4 Å². The molecule has 57 heavy (non-hydrogen) atoms. The molecule has 2 aromatic heterocycles. The van der Waals surface area contributed by atoms with Gasteiger partial charge in [0, 0.05) is 23.3 Å². The van der Waals surface area contributed by atoms with E-state index < -0.39 is 58.8 Å². The van der Waals surface area contributed by atoms with Gasteiger partial charge in [0.15, 0.2) is 34.9 Å². The molecule has 2 fully saturated rings. The summed E-state index contributed by atoms with van der Waals surface area (Å²) in [6.07, 6.45) is -3.32. The van der Waals surface area contributed by atoms with Crippen molar-refractivity contribution in [3.05, 3.63) is 94.3 Å². The van der Waals surface area contributed by atoms with E-state index in [2.05, 4.69) is 41.4 Å². The fourth-order valence-corrected chi connectivity index (χ4v) is 5.04. The Morgan fingerprint density at radius 3 is 1.26 bits per heavy atom. The van der Waals surface area contributed by atoms with E-state index in [1.54, 1.807) is 0 Å². The number of anilines is 2. The summed E-state index contributed by atoms with van der Waals surface area (Å²) >= 11 is 0. The molecule has 2 saturated carbocycles. The maximum absolute atomic E-state index is 13.3. The number of hydrogen-bond acceptors (Lipinski definition) is 6. The highest BCUT2D eigenvalue weighted by atomic mass is 19.4. The molecule has 22 heteroatoms. The lowest BCUT2D eigenvalue weighted by atomic mass is 9.94. The highest BCUT2D eigenvalue weighted by molar-refractivity contribution is 6.10. The standard InChI is InChI=1S/C17H16F5N5O.C16H14F5N5O.C2H6/c18-11-6-5-9(7-12(11)19)15(28)25-16(23-10-3-1-2-4-10)24-14-8-13(26-27-14)17(20,21)22;17-10-5-4-8(6-11(10)18)14(27)24-15(22-9-2-1-3-9)23-13-7-12(25-26-13)16(19,20)21;1-2/h5-8,10H,1-4H2,(H3,23,24,25,26,27,28);4-7,9H,1-3H2,(H3,22,23,24,25,26,27);1-2H3. The molecular formula is C35H36F10N10O2. The Bertz CT molecular complexity index is 2050. The largest absolute Gasteiger partial charge is 0.432 e. The summed E-state index contributed by atoms with van der Waals surface area (Å²) in [6, 6.07) is 6.41. The number of nitrogens with one attached hydrogen (secondary N) is 6.